The Morgan fingerprint density at radius 2 is 1.60 bits per heavy atom. The highest BCUT2D eigenvalue weighted by Gasteiger charge is 2.27. The standard InChI is InChI=1S/C15H3F2N5S3/c16-7-1-2-11(8(17)3-7)23-12(6-20)15-24-13-14(25-15)22-10(5-19)9(4-18)21-13/h1-3H. The van der Waals surface area contributed by atoms with Gasteiger partial charge in [0.15, 0.2) is 11.4 Å². The van der Waals surface area contributed by atoms with Crippen molar-refractivity contribution in [1.82, 2.24) is 9.97 Å². The number of halogens is 2. The molecule has 1 aromatic carbocycles. The fraction of sp³-hybridized carbons (Fsp3) is 0. The van der Waals surface area contributed by atoms with E-state index >= 15 is 0 Å². The normalized spacial score (nSPS) is 12.0. The van der Waals surface area contributed by atoms with Crippen molar-refractivity contribution >= 4 is 35.3 Å². The molecular weight excluding hydrogens is 384 g/mol. The van der Waals surface area contributed by atoms with Gasteiger partial charge in [0.1, 0.15) is 44.8 Å². The zero-order valence-electron chi connectivity index (χ0n) is 11.9. The summed E-state index contributed by atoms with van der Waals surface area (Å²) in [6.45, 7) is 0. The maximum absolute atomic E-state index is 13.8. The van der Waals surface area contributed by atoms with Gasteiger partial charge in [0.25, 0.3) is 0 Å². The van der Waals surface area contributed by atoms with Crippen LogP contribution in [0.25, 0.3) is 0 Å². The van der Waals surface area contributed by atoms with E-state index < -0.39 is 11.6 Å². The van der Waals surface area contributed by atoms with Gasteiger partial charge in [0.2, 0.25) is 0 Å². The Labute approximate surface area is 153 Å². The van der Waals surface area contributed by atoms with Gasteiger partial charge in [-0.25, -0.2) is 18.7 Å². The van der Waals surface area contributed by atoms with Crippen molar-refractivity contribution < 1.29 is 8.78 Å². The van der Waals surface area contributed by atoms with Gasteiger partial charge < -0.3 is 0 Å². The highest BCUT2D eigenvalue weighted by Crippen LogP contribution is 2.52. The summed E-state index contributed by atoms with van der Waals surface area (Å²) in [7, 11) is 0. The molecule has 0 N–H and O–H groups in total. The molecule has 0 atom stereocenters. The van der Waals surface area contributed by atoms with Crippen molar-refractivity contribution in [2.24, 2.45) is 0 Å². The van der Waals surface area contributed by atoms with Crippen LogP contribution in [0.4, 0.5) is 8.78 Å². The second-order valence-electron chi connectivity index (χ2n) is 4.36. The molecule has 5 nitrogen and oxygen atoms in total. The lowest BCUT2D eigenvalue weighted by Crippen LogP contribution is -1.96. The molecule has 1 aliphatic rings. The highest BCUT2D eigenvalue weighted by atomic mass is 32.2. The lowest BCUT2D eigenvalue weighted by molar-refractivity contribution is 0.566. The number of hydrogen-bond donors (Lipinski definition) is 0. The third-order valence-corrected chi connectivity index (χ3v) is 6.49. The van der Waals surface area contributed by atoms with Crippen molar-refractivity contribution in [2.75, 3.05) is 0 Å². The molecule has 0 saturated carbocycles. The Morgan fingerprint density at radius 3 is 2.08 bits per heavy atom. The van der Waals surface area contributed by atoms with Gasteiger partial charge in [-0.05, 0) is 12.1 Å². The first-order chi connectivity index (χ1) is 12.0. The first kappa shape index (κ1) is 17.2. The summed E-state index contributed by atoms with van der Waals surface area (Å²) >= 11 is 3.09. The molecule has 2 heterocycles. The molecule has 0 amide bonds. The predicted molar refractivity (Wildman–Crippen MR) is 88.0 cm³/mol. The molecule has 0 fully saturated rings. The third-order valence-electron chi connectivity index (χ3n) is 2.82. The SMILES string of the molecule is N#CC(Sc1ccc(F)cc1F)=C1Sc2nc(C#N)c(C#N)nc2S1. The minimum Gasteiger partial charge on any atom is -0.224 e. The maximum atomic E-state index is 13.8. The number of thioether (sulfide) groups is 3. The van der Waals surface area contributed by atoms with Crippen LogP contribution in [0.1, 0.15) is 11.4 Å². The van der Waals surface area contributed by atoms with Gasteiger partial charge in [-0.3, -0.25) is 0 Å². The molecule has 3 rings (SSSR count). The first-order valence-electron chi connectivity index (χ1n) is 6.41. The van der Waals surface area contributed by atoms with Crippen LogP contribution in [0.3, 0.4) is 0 Å². The Hall–Kier alpha value is -2.58. The first-order valence-corrected chi connectivity index (χ1v) is 8.86. The van der Waals surface area contributed by atoms with Crippen LogP contribution in [0, 0.1) is 45.6 Å². The highest BCUT2D eigenvalue weighted by molar-refractivity contribution is 8.25. The Bertz CT molecular complexity index is 1000. The summed E-state index contributed by atoms with van der Waals surface area (Å²) in [4.78, 5) is 8.43. The summed E-state index contributed by atoms with van der Waals surface area (Å²) < 4.78 is 27.3. The number of nitrogens with zero attached hydrogens (tertiary/aromatic N) is 5. The van der Waals surface area contributed by atoms with Gasteiger partial charge in [0, 0.05) is 11.0 Å². The number of aromatic nitrogens is 2. The minimum atomic E-state index is -0.765. The molecule has 0 spiro atoms. The van der Waals surface area contributed by atoms with Crippen molar-refractivity contribution in [3.8, 4) is 18.2 Å². The van der Waals surface area contributed by atoms with Crippen molar-refractivity contribution in [3.63, 3.8) is 0 Å². The average Bonchev–Trinajstić information content (AvgIpc) is 3.02. The van der Waals surface area contributed by atoms with E-state index in [1.54, 1.807) is 12.1 Å². The second-order valence-corrected chi connectivity index (χ2v) is 7.67. The average molecular weight is 387 g/mol. The summed E-state index contributed by atoms with van der Waals surface area (Å²) in [6.07, 6.45) is 0. The van der Waals surface area contributed by atoms with Crippen LogP contribution in [0.5, 0.6) is 0 Å². The van der Waals surface area contributed by atoms with Crippen molar-refractivity contribution in [2.45, 2.75) is 14.9 Å². The van der Waals surface area contributed by atoms with Crippen LogP contribution in [0.2, 0.25) is 0 Å². The Balaban J connectivity index is 1.96. The van der Waals surface area contributed by atoms with Crippen LogP contribution in [-0.2, 0) is 0 Å². The number of nitriles is 3. The molecule has 0 unspecified atom stereocenters. The molecule has 0 aliphatic carbocycles. The monoisotopic (exact) mass is 387 g/mol. The van der Waals surface area contributed by atoms with Gasteiger partial charge in [-0.1, -0.05) is 35.3 Å². The maximum Gasteiger partial charge on any atom is 0.178 e. The van der Waals surface area contributed by atoms with E-state index in [2.05, 4.69) is 9.97 Å². The van der Waals surface area contributed by atoms with E-state index in [0.29, 0.717) is 14.3 Å². The molecular formula is C15H3F2N5S3. The zero-order valence-corrected chi connectivity index (χ0v) is 14.4. The second kappa shape index (κ2) is 7.12. The summed E-state index contributed by atoms with van der Waals surface area (Å²) in [5.74, 6) is -1.47. The number of benzene rings is 1. The summed E-state index contributed by atoms with van der Waals surface area (Å²) in [5.41, 5.74) is -0.183. The van der Waals surface area contributed by atoms with Crippen LogP contribution >= 0.6 is 35.3 Å². The van der Waals surface area contributed by atoms with E-state index in [0.717, 1.165) is 47.4 Å². The molecule has 25 heavy (non-hydrogen) atoms. The summed E-state index contributed by atoms with van der Waals surface area (Å²) in [5, 5.41) is 28.2. The van der Waals surface area contributed by atoms with Gasteiger partial charge in [-0.2, -0.15) is 15.8 Å². The minimum absolute atomic E-state index is 0.0914. The van der Waals surface area contributed by atoms with Crippen LogP contribution < -0.4 is 0 Å². The van der Waals surface area contributed by atoms with E-state index in [1.165, 1.54) is 6.07 Å². The molecule has 0 saturated heterocycles. The van der Waals surface area contributed by atoms with Crippen LogP contribution in [-0.4, -0.2) is 9.97 Å². The van der Waals surface area contributed by atoms with E-state index in [1.807, 2.05) is 6.07 Å². The number of hydrogen-bond acceptors (Lipinski definition) is 8. The van der Waals surface area contributed by atoms with Gasteiger partial charge in [-0.15, -0.1) is 0 Å². The van der Waals surface area contributed by atoms with E-state index in [-0.39, 0.29) is 21.2 Å². The Kier molecular flexibility index (Phi) is 4.91. The fourth-order valence-electron chi connectivity index (χ4n) is 1.76. The lowest BCUT2D eigenvalue weighted by atomic mass is 10.3. The lowest BCUT2D eigenvalue weighted by Gasteiger charge is -2.03. The van der Waals surface area contributed by atoms with Gasteiger partial charge >= 0.3 is 0 Å². The Morgan fingerprint density at radius 1 is 1.00 bits per heavy atom. The van der Waals surface area contributed by atoms with Crippen molar-refractivity contribution in [1.29, 1.82) is 15.8 Å². The molecule has 10 heteroatoms. The molecule has 0 radical (unpaired) electrons. The predicted octanol–water partition coefficient (Wildman–Crippen LogP) is 4.18. The number of allylic oxidation sites excluding steroid dienone is 1. The van der Waals surface area contributed by atoms with E-state index in [9.17, 15) is 14.0 Å². The quantitative estimate of drug-likeness (QED) is 0.559. The fourth-order valence-corrected chi connectivity index (χ4v) is 4.96. The third kappa shape index (κ3) is 3.45. The van der Waals surface area contributed by atoms with Crippen molar-refractivity contribution in [3.05, 3.63) is 50.4 Å². The molecule has 2 aromatic rings. The molecule has 0 bridgehead atoms. The number of fused-ring (bicyclic) bond motifs is 1. The smallest absolute Gasteiger partial charge is 0.178 e. The zero-order chi connectivity index (χ0) is 18.0. The molecule has 1 aliphatic heterocycles. The topological polar surface area (TPSA) is 97.1 Å². The molecule has 1 aromatic heterocycles. The summed E-state index contributed by atoms with van der Waals surface area (Å²) in [6, 6.07) is 8.68. The van der Waals surface area contributed by atoms with Gasteiger partial charge in [0.05, 0.1) is 4.24 Å². The number of rotatable bonds is 2. The van der Waals surface area contributed by atoms with Crippen LogP contribution in [0.15, 0.2) is 42.3 Å². The van der Waals surface area contributed by atoms with E-state index in [4.69, 9.17) is 10.5 Å². The molecule has 120 valence electrons. The largest absolute Gasteiger partial charge is 0.224 e.